The summed E-state index contributed by atoms with van der Waals surface area (Å²) in [4.78, 5) is 24.6. The molecule has 0 fully saturated rings. The molecule has 1 aromatic carbocycles. The van der Waals surface area contributed by atoms with Crippen LogP contribution in [0.15, 0.2) is 24.3 Å². The predicted molar refractivity (Wildman–Crippen MR) is 60.9 cm³/mol. The van der Waals surface area contributed by atoms with E-state index in [4.69, 9.17) is 4.74 Å². The van der Waals surface area contributed by atoms with E-state index in [9.17, 15) is 9.59 Å². The molecule has 0 N–H and O–H groups in total. The molecule has 1 amide bonds. The number of anilines is 1. The van der Waals surface area contributed by atoms with Crippen molar-refractivity contribution in [2.45, 2.75) is 12.5 Å². The van der Waals surface area contributed by atoms with E-state index in [1.165, 1.54) is 12.0 Å². The molecule has 2 rings (SSSR count). The highest BCUT2D eigenvalue weighted by molar-refractivity contribution is 6.01. The van der Waals surface area contributed by atoms with Gasteiger partial charge in [-0.25, -0.2) is 0 Å². The minimum Gasteiger partial charge on any atom is -0.478 e. The molecule has 1 aliphatic rings. The maximum Gasteiger partial charge on any atom is 0.309 e. The van der Waals surface area contributed by atoms with Gasteiger partial charge in [0.15, 0.2) is 6.10 Å². The number of amides is 1. The van der Waals surface area contributed by atoms with E-state index in [-0.39, 0.29) is 12.3 Å². The average Bonchev–Trinajstić information content (AvgIpc) is 2.35. The highest BCUT2D eigenvalue weighted by Crippen LogP contribution is 2.33. The number of hydrogen-bond donors (Lipinski definition) is 0. The van der Waals surface area contributed by atoms with Gasteiger partial charge in [0.25, 0.3) is 5.91 Å². The lowest BCUT2D eigenvalue weighted by Gasteiger charge is -2.31. The zero-order valence-corrected chi connectivity index (χ0v) is 9.67. The van der Waals surface area contributed by atoms with Gasteiger partial charge < -0.3 is 14.4 Å². The minimum atomic E-state index is -0.803. The lowest BCUT2D eigenvalue weighted by atomic mass is 10.1. The van der Waals surface area contributed by atoms with Crippen LogP contribution in [0.1, 0.15) is 6.42 Å². The topological polar surface area (TPSA) is 55.8 Å². The number of methoxy groups -OCH3 is 1. The molecular formula is C12H13NO4. The molecule has 0 radical (unpaired) electrons. The number of carbonyl (C=O) groups excluding carboxylic acids is 2. The smallest absolute Gasteiger partial charge is 0.309 e. The van der Waals surface area contributed by atoms with Gasteiger partial charge in [-0.15, -0.1) is 0 Å². The predicted octanol–water partition coefficient (Wildman–Crippen LogP) is 0.974. The third-order valence-electron chi connectivity index (χ3n) is 2.68. The zero-order valence-electron chi connectivity index (χ0n) is 9.67. The van der Waals surface area contributed by atoms with Crippen molar-refractivity contribution in [1.29, 1.82) is 0 Å². The van der Waals surface area contributed by atoms with E-state index in [2.05, 4.69) is 4.74 Å². The molecule has 90 valence electrons. The van der Waals surface area contributed by atoms with Gasteiger partial charge in [0.2, 0.25) is 0 Å². The summed E-state index contributed by atoms with van der Waals surface area (Å²) in [6.07, 6.45) is -0.879. The third kappa shape index (κ3) is 2.08. The summed E-state index contributed by atoms with van der Waals surface area (Å²) in [5, 5.41) is 0. The molecule has 0 aromatic heterocycles. The van der Waals surface area contributed by atoms with Gasteiger partial charge >= 0.3 is 5.97 Å². The van der Waals surface area contributed by atoms with Crippen LogP contribution in [0.3, 0.4) is 0 Å². The van der Waals surface area contributed by atoms with Crippen molar-refractivity contribution >= 4 is 17.6 Å². The van der Waals surface area contributed by atoms with Gasteiger partial charge in [-0.2, -0.15) is 0 Å². The van der Waals surface area contributed by atoms with Crippen molar-refractivity contribution in [3.63, 3.8) is 0 Å². The molecule has 0 bridgehead atoms. The highest BCUT2D eigenvalue weighted by atomic mass is 16.5. The van der Waals surface area contributed by atoms with Crippen LogP contribution >= 0.6 is 0 Å². The quantitative estimate of drug-likeness (QED) is 0.717. The number of nitrogens with zero attached hydrogens (tertiary/aromatic N) is 1. The van der Waals surface area contributed by atoms with Crippen LogP contribution in [0.25, 0.3) is 0 Å². The average molecular weight is 235 g/mol. The summed E-state index contributed by atoms with van der Waals surface area (Å²) in [6, 6.07) is 7.20. The second-order valence-corrected chi connectivity index (χ2v) is 3.75. The molecule has 1 atom stereocenters. The Bertz CT molecular complexity index is 458. The fourth-order valence-corrected chi connectivity index (χ4v) is 1.74. The van der Waals surface area contributed by atoms with Crippen LogP contribution in [0.4, 0.5) is 5.69 Å². The molecule has 17 heavy (non-hydrogen) atoms. The normalized spacial score (nSPS) is 18.4. The first-order valence-electron chi connectivity index (χ1n) is 5.23. The zero-order chi connectivity index (χ0) is 12.4. The first-order chi connectivity index (χ1) is 8.13. The fraction of sp³-hybridized carbons (Fsp3) is 0.333. The van der Waals surface area contributed by atoms with Crippen LogP contribution < -0.4 is 9.64 Å². The number of likely N-dealkylation sites (N-methyl/N-ethyl adjacent to an activating group) is 1. The van der Waals surface area contributed by atoms with Crippen LogP contribution in [0.5, 0.6) is 5.75 Å². The van der Waals surface area contributed by atoms with Crippen molar-refractivity contribution in [2.24, 2.45) is 0 Å². The number of ether oxygens (including phenoxy) is 2. The van der Waals surface area contributed by atoms with Gasteiger partial charge in [-0.1, -0.05) is 12.1 Å². The largest absolute Gasteiger partial charge is 0.478 e. The van der Waals surface area contributed by atoms with E-state index in [1.54, 1.807) is 19.2 Å². The number of para-hydroxylation sites is 2. The third-order valence-corrected chi connectivity index (χ3v) is 2.68. The number of hydrogen-bond acceptors (Lipinski definition) is 4. The van der Waals surface area contributed by atoms with Crippen molar-refractivity contribution in [3.05, 3.63) is 24.3 Å². The molecule has 5 nitrogen and oxygen atoms in total. The highest BCUT2D eigenvalue weighted by Gasteiger charge is 2.33. The standard InChI is InChI=1S/C12H13NO4/c1-13-8-5-3-4-6-9(8)17-10(12(13)15)7-11(14)16-2/h3-6,10H,7H2,1-2H3. The van der Waals surface area contributed by atoms with Crippen LogP contribution in [0, 0.1) is 0 Å². The SMILES string of the molecule is COC(=O)CC1Oc2ccccc2N(C)C1=O. The van der Waals surface area contributed by atoms with E-state index in [0.717, 1.165) is 0 Å². The van der Waals surface area contributed by atoms with Crippen LogP contribution in [-0.2, 0) is 14.3 Å². The monoisotopic (exact) mass is 235 g/mol. The molecule has 1 heterocycles. The van der Waals surface area contributed by atoms with Crippen LogP contribution in [0.2, 0.25) is 0 Å². The number of fused-ring (bicyclic) bond motifs is 1. The first kappa shape index (κ1) is 11.4. The molecule has 1 unspecified atom stereocenters. The Balaban J connectivity index is 2.25. The fourth-order valence-electron chi connectivity index (χ4n) is 1.74. The van der Waals surface area contributed by atoms with E-state index in [0.29, 0.717) is 11.4 Å². The lowest BCUT2D eigenvalue weighted by Crippen LogP contribution is -2.44. The molecular weight excluding hydrogens is 222 g/mol. The Hall–Kier alpha value is -2.04. The second-order valence-electron chi connectivity index (χ2n) is 3.75. The summed E-state index contributed by atoms with van der Waals surface area (Å²) < 4.78 is 10.0. The maximum absolute atomic E-state index is 11.9. The van der Waals surface area contributed by atoms with Crippen molar-refractivity contribution in [1.82, 2.24) is 0 Å². The van der Waals surface area contributed by atoms with Crippen LogP contribution in [-0.4, -0.2) is 32.1 Å². The Labute approximate surface area is 98.9 Å². The van der Waals surface area contributed by atoms with Gasteiger partial charge in [-0.3, -0.25) is 9.59 Å². The Kier molecular flexibility index (Phi) is 2.99. The lowest BCUT2D eigenvalue weighted by molar-refractivity contribution is -0.145. The molecule has 0 aliphatic carbocycles. The number of rotatable bonds is 2. The maximum atomic E-state index is 11.9. The molecule has 5 heteroatoms. The number of benzene rings is 1. The summed E-state index contributed by atoms with van der Waals surface area (Å²) in [5.41, 5.74) is 0.707. The van der Waals surface area contributed by atoms with Gasteiger partial charge in [0.05, 0.1) is 19.2 Å². The van der Waals surface area contributed by atoms with Crippen molar-refractivity contribution in [3.8, 4) is 5.75 Å². The molecule has 0 spiro atoms. The minimum absolute atomic E-state index is 0.0754. The first-order valence-corrected chi connectivity index (χ1v) is 5.23. The van der Waals surface area contributed by atoms with Gasteiger partial charge in [0.1, 0.15) is 5.75 Å². The van der Waals surface area contributed by atoms with E-state index in [1.807, 2.05) is 12.1 Å². The second kappa shape index (κ2) is 4.45. The summed E-state index contributed by atoms with van der Waals surface area (Å²) >= 11 is 0. The van der Waals surface area contributed by atoms with E-state index < -0.39 is 12.1 Å². The molecule has 0 saturated carbocycles. The summed E-state index contributed by atoms with van der Waals surface area (Å²) in [7, 11) is 2.95. The molecule has 1 aliphatic heterocycles. The Morgan fingerprint density at radius 3 is 2.88 bits per heavy atom. The van der Waals surface area contributed by atoms with Gasteiger partial charge in [-0.05, 0) is 12.1 Å². The summed E-state index contributed by atoms with van der Waals surface area (Å²) in [6.45, 7) is 0. The van der Waals surface area contributed by atoms with Gasteiger partial charge in [0, 0.05) is 7.05 Å². The van der Waals surface area contributed by atoms with Crippen molar-refractivity contribution in [2.75, 3.05) is 19.1 Å². The van der Waals surface area contributed by atoms with Crippen molar-refractivity contribution < 1.29 is 19.1 Å². The van der Waals surface area contributed by atoms with E-state index >= 15 is 0 Å². The Morgan fingerprint density at radius 2 is 2.18 bits per heavy atom. The Morgan fingerprint density at radius 1 is 1.47 bits per heavy atom. The summed E-state index contributed by atoms with van der Waals surface area (Å²) in [5.74, 6) is -0.103. The number of carbonyl (C=O) groups is 2. The molecule has 0 saturated heterocycles. The molecule has 1 aromatic rings. The number of esters is 1.